The summed E-state index contributed by atoms with van der Waals surface area (Å²) in [4.78, 5) is 15.7. The highest BCUT2D eigenvalue weighted by Crippen LogP contribution is 2.17. The van der Waals surface area contributed by atoms with Gasteiger partial charge in [-0.15, -0.1) is 11.3 Å². The van der Waals surface area contributed by atoms with Crippen LogP contribution in [-0.2, 0) is 0 Å². The summed E-state index contributed by atoms with van der Waals surface area (Å²) in [5.74, 6) is -0.310. The van der Waals surface area contributed by atoms with Gasteiger partial charge < -0.3 is 4.98 Å². The number of halogens is 1. The maximum atomic E-state index is 12.8. The van der Waals surface area contributed by atoms with Crippen LogP contribution in [0.2, 0.25) is 0 Å². The van der Waals surface area contributed by atoms with Gasteiger partial charge in [-0.3, -0.25) is 4.79 Å². The van der Waals surface area contributed by atoms with Crippen LogP contribution in [0.4, 0.5) is 4.39 Å². The number of aromatic nitrogens is 1. The fourth-order valence-electron chi connectivity index (χ4n) is 1.87. The monoisotopic (exact) mass is 287 g/mol. The van der Waals surface area contributed by atoms with Gasteiger partial charge in [0.05, 0.1) is 16.7 Å². The molecule has 0 unspecified atom stereocenters. The molecule has 0 atom stereocenters. The number of nitrogens with zero attached hydrogens (tertiary/aromatic N) is 1. The second-order valence-corrected chi connectivity index (χ2v) is 5.15. The van der Waals surface area contributed by atoms with Gasteiger partial charge >= 0.3 is 0 Å². The minimum absolute atomic E-state index is 0.283. The molecule has 100 valence electrons. The van der Waals surface area contributed by atoms with Crippen LogP contribution in [-0.4, -0.2) is 17.1 Å². The largest absolute Gasteiger partial charge is 0.360 e. The van der Waals surface area contributed by atoms with Crippen molar-refractivity contribution in [2.24, 2.45) is 5.10 Å². The topological polar surface area (TPSA) is 57.2 Å². The highest BCUT2D eigenvalue weighted by atomic mass is 32.1. The molecule has 0 radical (unpaired) electrons. The molecule has 2 N–H and O–H groups in total. The number of thiophene rings is 1. The van der Waals surface area contributed by atoms with Crippen molar-refractivity contribution in [1.82, 2.24) is 10.4 Å². The van der Waals surface area contributed by atoms with Gasteiger partial charge in [-0.25, -0.2) is 5.43 Å². The van der Waals surface area contributed by atoms with Crippen LogP contribution in [0.1, 0.15) is 15.2 Å². The number of hydrogen-bond donors (Lipinski definition) is 2. The van der Waals surface area contributed by atoms with Crippen molar-refractivity contribution in [3.63, 3.8) is 0 Å². The van der Waals surface area contributed by atoms with E-state index in [1.54, 1.807) is 12.3 Å². The molecule has 0 fully saturated rings. The number of carbonyl (C=O) groups excluding carboxylic acids is 1. The Morgan fingerprint density at radius 3 is 2.95 bits per heavy atom. The van der Waals surface area contributed by atoms with Crippen molar-refractivity contribution < 1.29 is 9.18 Å². The number of hydrazone groups is 1. The quantitative estimate of drug-likeness (QED) is 0.564. The zero-order chi connectivity index (χ0) is 13.9. The first-order chi connectivity index (χ1) is 9.74. The standard InChI is InChI=1S/C14H10FN3OS/c15-13-6-5-9(20-13)7-17-18-14(19)11-8-16-12-4-2-1-3-10(11)12/h1-8,16H,(H,18,19)/b17-7+. The average molecular weight is 287 g/mol. The lowest BCUT2D eigenvalue weighted by molar-refractivity contribution is 0.0957. The Morgan fingerprint density at radius 2 is 2.15 bits per heavy atom. The van der Waals surface area contributed by atoms with Gasteiger partial charge in [-0.1, -0.05) is 18.2 Å². The molecule has 0 aliphatic heterocycles. The number of nitrogens with one attached hydrogen (secondary N) is 2. The van der Waals surface area contributed by atoms with E-state index in [-0.39, 0.29) is 11.0 Å². The molecule has 3 aromatic rings. The number of H-pyrrole nitrogens is 1. The van der Waals surface area contributed by atoms with E-state index in [1.165, 1.54) is 12.3 Å². The summed E-state index contributed by atoms with van der Waals surface area (Å²) in [6.45, 7) is 0. The summed E-state index contributed by atoms with van der Waals surface area (Å²) >= 11 is 0.966. The lowest BCUT2D eigenvalue weighted by Crippen LogP contribution is -2.17. The van der Waals surface area contributed by atoms with Gasteiger partial charge in [0.2, 0.25) is 0 Å². The second-order valence-electron chi connectivity index (χ2n) is 4.09. The van der Waals surface area contributed by atoms with Crippen molar-refractivity contribution in [1.29, 1.82) is 0 Å². The Labute approximate surface area is 117 Å². The third-order valence-corrected chi connectivity index (χ3v) is 3.59. The molecule has 3 rings (SSSR count). The van der Waals surface area contributed by atoms with E-state index < -0.39 is 0 Å². The molecular formula is C14H10FN3OS. The molecule has 6 heteroatoms. The van der Waals surface area contributed by atoms with Crippen LogP contribution < -0.4 is 5.43 Å². The Hall–Kier alpha value is -2.47. The maximum absolute atomic E-state index is 12.8. The van der Waals surface area contributed by atoms with E-state index in [0.29, 0.717) is 10.4 Å². The van der Waals surface area contributed by atoms with Crippen LogP contribution in [0.15, 0.2) is 47.7 Å². The van der Waals surface area contributed by atoms with Gasteiger partial charge in [0, 0.05) is 17.1 Å². The summed E-state index contributed by atoms with van der Waals surface area (Å²) in [6.07, 6.45) is 3.06. The molecule has 2 heterocycles. The molecule has 20 heavy (non-hydrogen) atoms. The smallest absolute Gasteiger partial charge is 0.273 e. The first-order valence-corrected chi connectivity index (χ1v) is 6.70. The summed E-state index contributed by atoms with van der Waals surface area (Å²) in [5, 5.41) is 4.38. The maximum Gasteiger partial charge on any atom is 0.273 e. The van der Waals surface area contributed by atoms with Crippen LogP contribution in [0.5, 0.6) is 0 Å². The SMILES string of the molecule is O=C(N/N=C/c1ccc(F)s1)c1c[nH]c2ccccc12. The second kappa shape index (κ2) is 5.26. The lowest BCUT2D eigenvalue weighted by atomic mass is 10.2. The molecule has 0 aliphatic rings. The first-order valence-electron chi connectivity index (χ1n) is 5.89. The highest BCUT2D eigenvalue weighted by Gasteiger charge is 2.10. The van der Waals surface area contributed by atoms with Crippen molar-refractivity contribution >= 4 is 34.4 Å². The van der Waals surface area contributed by atoms with E-state index >= 15 is 0 Å². The van der Waals surface area contributed by atoms with Gasteiger partial charge in [-0.05, 0) is 18.2 Å². The molecule has 0 saturated carbocycles. The Balaban J connectivity index is 1.75. The normalized spacial score (nSPS) is 11.2. The number of para-hydroxylation sites is 1. The van der Waals surface area contributed by atoms with Gasteiger partial charge in [0.1, 0.15) is 0 Å². The lowest BCUT2D eigenvalue weighted by Gasteiger charge is -1.97. The van der Waals surface area contributed by atoms with Crippen LogP contribution in [0.3, 0.4) is 0 Å². The number of carbonyl (C=O) groups is 1. The summed E-state index contributed by atoms with van der Waals surface area (Å²) in [6, 6.07) is 10.5. The van der Waals surface area contributed by atoms with E-state index in [0.717, 1.165) is 22.2 Å². The number of hydrogen-bond acceptors (Lipinski definition) is 3. The minimum Gasteiger partial charge on any atom is -0.360 e. The summed E-state index contributed by atoms with van der Waals surface area (Å²) in [7, 11) is 0. The fourth-order valence-corrected chi connectivity index (χ4v) is 2.47. The predicted octanol–water partition coefficient (Wildman–Crippen LogP) is 3.13. The number of amides is 1. The zero-order valence-electron chi connectivity index (χ0n) is 10.3. The number of fused-ring (bicyclic) bond motifs is 1. The number of aromatic amines is 1. The van der Waals surface area contributed by atoms with Gasteiger partial charge in [0.25, 0.3) is 5.91 Å². The zero-order valence-corrected chi connectivity index (χ0v) is 11.1. The summed E-state index contributed by atoms with van der Waals surface area (Å²) in [5.41, 5.74) is 3.84. The molecule has 0 aliphatic carbocycles. The van der Waals surface area contributed by atoms with Crippen molar-refractivity contribution in [3.05, 3.63) is 58.2 Å². The van der Waals surface area contributed by atoms with E-state index in [2.05, 4.69) is 15.5 Å². The molecule has 0 saturated heterocycles. The van der Waals surface area contributed by atoms with E-state index in [4.69, 9.17) is 0 Å². The number of rotatable bonds is 3. The van der Waals surface area contributed by atoms with Gasteiger partial charge in [-0.2, -0.15) is 9.49 Å². The van der Waals surface area contributed by atoms with Crippen LogP contribution in [0.25, 0.3) is 10.9 Å². The molecule has 0 bridgehead atoms. The molecule has 1 aromatic carbocycles. The predicted molar refractivity (Wildman–Crippen MR) is 77.6 cm³/mol. The van der Waals surface area contributed by atoms with Crippen molar-refractivity contribution in [3.8, 4) is 0 Å². The molecule has 1 amide bonds. The Kier molecular flexibility index (Phi) is 3.30. The van der Waals surface area contributed by atoms with Crippen LogP contribution >= 0.6 is 11.3 Å². The van der Waals surface area contributed by atoms with Crippen molar-refractivity contribution in [2.45, 2.75) is 0 Å². The average Bonchev–Trinajstić information content (AvgIpc) is 3.05. The third-order valence-electron chi connectivity index (χ3n) is 2.79. The highest BCUT2D eigenvalue weighted by molar-refractivity contribution is 7.12. The molecular weight excluding hydrogens is 277 g/mol. The molecule has 0 spiro atoms. The fraction of sp³-hybridized carbons (Fsp3) is 0. The number of benzene rings is 1. The van der Waals surface area contributed by atoms with Crippen LogP contribution in [0, 0.1) is 5.13 Å². The minimum atomic E-state index is -0.310. The van der Waals surface area contributed by atoms with E-state index in [1.807, 2.05) is 24.3 Å². The van der Waals surface area contributed by atoms with E-state index in [9.17, 15) is 9.18 Å². The summed E-state index contributed by atoms with van der Waals surface area (Å²) < 4.78 is 12.8. The molecule has 4 nitrogen and oxygen atoms in total. The molecule has 2 aromatic heterocycles. The Bertz CT molecular complexity index is 790. The first kappa shape index (κ1) is 12.6. The van der Waals surface area contributed by atoms with Gasteiger partial charge in [0.15, 0.2) is 5.13 Å². The third kappa shape index (κ3) is 2.46. The Morgan fingerprint density at radius 1 is 1.30 bits per heavy atom. The van der Waals surface area contributed by atoms with Crippen molar-refractivity contribution in [2.75, 3.05) is 0 Å².